The van der Waals surface area contributed by atoms with Gasteiger partial charge in [0, 0.05) is 21.9 Å². The molecule has 0 aromatic heterocycles. The van der Waals surface area contributed by atoms with Crippen LogP contribution in [-0.2, 0) is 20.2 Å². The van der Waals surface area contributed by atoms with Gasteiger partial charge in [0.05, 0.1) is 0 Å². The van der Waals surface area contributed by atoms with E-state index in [0.717, 1.165) is 17.2 Å². The van der Waals surface area contributed by atoms with Crippen molar-refractivity contribution in [3.63, 3.8) is 0 Å². The Kier molecular flexibility index (Phi) is 7.12. The Hall–Kier alpha value is -4.76. The molecule has 0 saturated carbocycles. The van der Waals surface area contributed by atoms with Gasteiger partial charge in [0.2, 0.25) is 0 Å². The van der Waals surface area contributed by atoms with E-state index in [1.807, 2.05) is 103 Å². The van der Waals surface area contributed by atoms with Gasteiger partial charge in [0.15, 0.2) is 5.75 Å². The molecular weight excluding hydrogens is 569 g/mol. The van der Waals surface area contributed by atoms with Gasteiger partial charge < -0.3 is 4.18 Å². The normalized spacial score (nSPS) is 11.8. The third-order valence-electron chi connectivity index (χ3n) is 6.94. The standard InChI is InChI=1S/C34H24O6S2/c35-41(36,37)33-21-20-32(28-18-10-11-19-29(28)33)40-42(38,39)34-30(25-14-6-2-7-15-25)22-27(24-12-4-1-5-13-24)23-31(34)26-16-8-3-9-17-26/h1-23H,(H,35,36,37). The highest BCUT2D eigenvalue weighted by Crippen LogP contribution is 2.42. The van der Waals surface area contributed by atoms with Gasteiger partial charge in [-0.1, -0.05) is 115 Å². The van der Waals surface area contributed by atoms with E-state index in [2.05, 4.69) is 0 Å². The van der Waals surface area contributed by atoms with Gasteiger partial charge in [-0.25, -0.2) is 0 Å². The van der Waals surface area contributed by atoms with Crippen molar-refractivity contribution in [3.8, 4) is 39.1 Å². The second-order valence-electron chi connectivity index (χ2n) is 9.62. The maximum atomic E-state index is 14.4. The van der Waals surface area contributed by atoms with Gasteiger partial charge in [-0.05, 0) is 46.5 Å². The van der Waals surface area contributed by atoms with Crippen LogP contribution >= 0.6 is 0 Å². The average molecular weight is 593 g/mol. The summed E-state index contributed by atoms with van der Waals surface area (Å²) < 4.78 is 68.4. The predicted octanol–water partition coefficient (Wildman–Crippen LogP) is 7.86. The predicted molar refractivity (Wildman–Crippen MR) is 164 cm³/mol. The molecule has 0 heterocycles. The molecule has 0 atom stereocenters. The van der Waals surface area contributed by atoms with Gasteiger partial charge >= 0.3 is 10.1 Å². The van der Waals surface area contributed by atoms with E-state index >= 15 is 0 Å². The van der Waals surface area contributed by atoms with Crippen molar-refractivity contribution in [3.05, 3.63) is 140 Å². The first kappa shape index (κ1) is 27.4. The minimum atomic E-state index is -4.56. The third kappa shape index (κ3) is 5.31. The zero-order valence-corrected chi connectivity index (χ0v) is 23.7. The van der Waals surface area contributed by atoms with Crippen LogP contribution in [0.4, 0.5) is 0 Å². The molecule has 0 unspecified atom stereocenters. The van der Waals surface area contributed by atoms with Crippen LogP contribution in [0.2, 0.25) is 0 Å². The van der Waals surface area contributed by atoms with Crippen molar-refractivity contribution >= 4 is 31.0 Å². The summed E-state index contributed by atoms with van der Waals surface area (Å²) in [6.45, 7) is 0. The summed E-state index contributed by atoms with van der Waals surface area (Å²) in [4.78, 5) is -0.368. The van der Waals surface area contributed by atoms with E-state index in [1.165, 1.54) is 12.1 Å². The molecule has 1 N–H and O–H groups in total. The van der Waals surface area contributed by atoms with Gasteiger partial charge in [0.25, 0.3) is 10.1 Å². The Balaban J connectivity index is 1.63. The smallest absolute Gasteiger partial charge is 0.340 e. The fourth-order valence-electron chi connectivity index (χ4n) is 5.06. The maximum absolute atomic E-state index is 14.4. The fourth-order valence-corrected chi connectivity index (χ4v) is 7.11. The van der Waals surface area contributed by atoms with Crippen molar-refractivity contribution in [2.75, 3.05) is 0 Å². The zero-order valence-electron chi connectivity index (χ0n) is 22.1. The van der Waals surface area contributed by atoms with Crippen molar-refractivity contribution in [2.45, 2.75) is 9.79 Å². The molecule has 6 rings (SSSR count). The van der Waals surface area contributed by atoms with Crippen molar-refractivity contribution in [1.82, 2.24) is 0 Å². The summed E-state index contributed by atoms with van der Waals surface area (Å²) in [6.07, 6.45) is 0. The highest BCUT2D eigenvalue weighted by Gasteiger charge is 2.29. The van der Waals surface area contributed by atoms with Crippen LogP contribution in [-0.4, -0.2) is 21.4 Å². The monoisotopic (exact) mass is 592 g/mol. The van der Waals surface area contributed by atoms with E-state index in [4.69, 9.17) is 4.18 Å². The maximum Gasteiger partial charge on any atom is 0.340 e. The number of hydrogen-bond acceptors (Lipinski definition) is 5. The van der Waals surface area contributed by atoms with Crippen LogP contribution < -0.4 is 4.18 Å². The molecule has 42 heavy (non-hydrogen) atoms. The fraction of sp³-hybridized carbons (Fsp3) is 0. The molecule has 0 saturated heterocycles. The van der Waals surface area contributed by atoms with E-state index in [1.54, 1.807) is 18.2 Å². The summed E-state index contributed by atoms with van der Waals surface area (Å²) in [5.41, 5.74) is 4.02. The Morgan fingerprint density at radius 1 is 0.476 bits per heavy atom. The van der Waals surface area contributed by atoms with Crippen LogP contribution in [0.25, 0.3) is 44.2 Å². The van der Waals surface area contributed by atoms with Crippen molar-refractivity contribution in [2.24, 2.45) is 0 Å². The van der Waals surface area contributed by atoms with Gasteiger partial charge in [-0.3, -0.25) is 4.55 Å². The molecule has 0 amide bonds. The Morgan fingerprint density at radius 3 is 1.43 bits per heavy atom. The number of benzene rings is 6. The lowest BCUT2D eigenvalue weighted by Crippen LogP contribution is -2.13. The summed E-state index contributed by atoms with van der Waals surface area (Å²) >= 11 is 0. The molecular formula is C34H24O6S2. The van der Waals surface area contributed by atoms with E-state index in [9.17, 15) is 21.4 Å². The second-order valence-corrected chi connectivity index (χ2v) is 12.5. The van der Waals surface area contributed by atoms with E-state index < -0.39 is 20.2 Å². The Bertz CT molecular complexity index is 2070. The van der Waals surface area contributed by atoms with Crippen LogP contribution in [0.1, 0.15) is 0 Å². The number of fused-ring (bicyclic) bond motifs is 1. The molecule has 0 aliphatic rings. The SMILES string of the molecule is O=S(=O)(O)c1ccc(OS(=O)(=O)c2c(-c3ccccc3)cc(-c3ccccc3)cc2-c2ccccc2)c2ccccc12. The molecule has 0 fully saturated rings. The van der Waals surface area contributed by atoms with Gasteiger partial charge in [-0.15, -0.1) is 0 Å². The van der Waals surface area contributed by atoms with Crippen LogP contribution in [0.15, 0.2) is 149 Å². The Labute approximate surface area is 244 Å². The van der Waals surface area contributed by atoms with Crippen LogP contribution in [0, 0.1) is 0 Å². The van der Waals surface area contributed by atoms with E-state index in [-0.39, 0.29) is 26.3 Å². The highest BCUT2D eigenvalue weighted by molar-refractivity contribution is 7.87. The zero-order chi connectivity index (χ0) is 29.3. The topological polar surface area (TPSA) is 97.7 Å². The lowest BCUT2D eigenvalue weighted by Gasteiger charge is -2.19. The number of rotatable bonds is 7. The molecule has 6 nitrogen and oxygen atoms in total. The quantitative estimate of drug-likeness (QED) is 0.150. The Morgan fingerprint density at radius 2 is 0.929 bits per heavy atom. The molecule has 0 radical (unpaired) electrons. The van der Waals surface area contributed by atoms with Crippen molar-refractivity contribution < 1.29 is 25.6 Å². The van der Waals surface area contributed by atoms with E-state index in [0.29, 0.717) is 22.3 Å². The molecule has 0 aliphatic heterocycles. The first-order chi connectivity index (χ1) is 20.2. The first-order valence-electron chi connectivity index (χ1n) is 13.0. The van der Waals surface area contributed by atoms with Gasteiger partial charge in [0.1, 0.15) is 9.79 Å². The lowest BCUT2D eigenvalue weighted by molar-refractivity contribution is 0.484. The lowest BCUT2D eigenvalue weighted by atomic mass is 9.93. The summed E-state index contributed by atoms with van der Waals surface area (Å²) in [5.74, 6) is -0.0665. The second kappa shape index (κ2) is 10.9. The third-order valence-corrected chi connectivity index (χ3v) is 9.19. The average Bonchev–Trinajstić information content (AvgIpc) is 3.01. The number of hydrogen-bond donors (Lipinski definition) is 1. The molecule has 6 aromatic carbocycles. The molecule has 0 spiro atoms. The minimum absolute atomic E-state index is 0.0254. The summed E-state index contributed by atoms with van der Waals surface area (Å²) in [6, 6.07) is 40.5. The molecule has 6 aromatic rings. The highest BCUT2D eigenvalue weighted by atomic mass is 32.2. The molecule has 208 valence electrons. The summed E-state index contributed by atoms with van der Waals surface area (Å²) in [5, 5.41) is 0.360. The molecule has 0 bridgehead atoms. The minimum Gasteiger partial charge on any atom is -0.378 e. The van der Waals surface area contributed by atoms with Gasteiger partial charge in [-0.2, -0.15) is 16.8 Å². The van der Waals surface area contributed by atoms with Crippen molar-refractivity contribution in [1.29, 1.82) is 0 Å². The molecule has 0 aliphatic carbocycles. The largest absolute Gasteiger partial charge is 0.378 e. The summed E-state index contributed by atoms with van der Waals surface area (Å²) in [7, 11) is -9.09. The first-order valence-corrected chi connectivity index (χ1v) is 15.9. The molecule has 8 heteroatoms. The van der Waals surface area contributed by atoms with Crippen LogP contribution in [0.5, 0.6) is 5.75 Å². The van der Waals surface area contributed by atoms with Crippen LogP contribution in [0.3, 0.4) is 0 Å².